The van der Waals surface area contributed by atoms with Gasteiger partial charge in [0, 0.05) is 12.3 Å². The van der Waals surface area contributed by atoms with E-state index in [0.717, 1.165) is 11.3 Å². The van der Waals surface area contributed by atoms with Gasteiger partial charge in [-0.05, 0) is 5.56 Å². The summed E-state index contributed by atoms with van der Waals surface area (Å²) in [4.78, 5) is 23.2. The van der Waals surface area contributed by atoms with Gasteiger partial charge in [0.05, 0.1) is 6.42 Å². The minimum absolute atomic E-state index is 0.109. The fourth-order valence-electron chi connectivity index (χ4n) is 1.61. The van der Waals surface area contributed by atoms with E-state index < -0.39 is 5.37 Å². The van der Waals surface area contributed by atoms with Gasteiger partial charge in [-0.25, -0.2) is 0 Å². The second kappa shape index (κ2) is 5.72. The number of hydrogen-bond donors (Lipinski definition) is 2. The van der Waals surface area contributed by atoms with Gasteiger partial charge in [-0.3, -0.25) is 9.59 Å². The lowest BCUT2D eigenvalue weighted by molar-refractivity contribution is -0.126. The summed E-state index contributed by atoms with van der Waals surface area (Å²) in [6, 6.07) is 9.49. The van der Waals surface area contributed by atoms with Gasteiger partial charge in [-0.1, -0.05) is 30.3 Å². The summed E-state index contributed by atoms with van der Waals surface area (Å²) in [6.45, 7) is 0.675. The topological polar surface area (TPSA) is 58.2 Å². The first-order valence-corrected chi connectivity index (χ1v) is 6.53. The monoisotopic (exact) mass is 250 g/mol. The first-order valence-electron chi connectivity index (χ1n) is 5.48. The Morgan fingerprint density at radius 3 is 2.88 bits per heavy atom. The van der Waals surface area contributed by atoms with Gasteiger partial charge >= 0.3 is 0 Å². The van der Waals surface area contributed by atoms with E-state index in [1.807, 2.05) is 30.3 Å². The van der Waals surface area contributed by atoms with Crippen molar-refractivity contribution in [2.24, 2.45) is 0 Å². The number of thioether (sulfide) groups is 1. The predicted molar refractivity (Wildman–Crippen MR) is 67.5 cm³/mol. The van der Waals surface area contributed by atoms with Crippen molar-refractivity contribution in [1.82, 2.24) is 10.6 Å². The molecule has 5 heteroatoms. The highest BCUT2D eigenvalue weighted by atomic mass is 32.2. The molecule has 1 atom stereocenters. The Kier molecular flexibility index (Phi) is 4.03. The van der Waals surface area contributed by atoms with Crippen LogP contribution in [0, 0.1) is 0 Å². The molecule has 1 aromatic rings. The van der Waals surface area contributed by atoms with E-state index in [1.165, 1.54) is 11.8 Å². The smallest absolute Gasteiger partial charge is 0.253 e. The highest BCUT2D eigenvalue weighted by Gasteiger charge is 2.23. The first kappa shape index (κ1) is 12.0. The van der Waals surface area contributed by atoms with E-state index in [0.29, 0.717) is 13.0 Å². The molecule has 90 valence electrons. The average Bonchev–Trinajstić information content (AvgIpc) is 2.33. The minimum Gasteiger partial charge on any atom is -0.353 e. The van der Waals surface area contributed by atoms with Crippen LogP contribution >= 0.6 is 11.8 Å². The molecule has 1 unspecified atom stereocenters. The quantitative estimate of drug-likeness (QED) is 0.823. The Morgan fingerprint density at radius 1 is 1.41 bits per heavy atom. The summed E-state index contributed by atoms with van der Waals surface area (Å²) in [5, 5.41) is 5.01. The molecule has 2 amide bonds. The number of benzene rings is 1. The van der Waals surface area contributed by atoms with Crippen molar-refractivity contribution >= 4 is 23.6 Å². The van der Waals surface area contributed by atoms with E-state index in [4.69, 9.17) is 0 Å². The van der Waals surface area contributed by atoms with Crippen molar-refractivity contribution < 1.29 is 9.59 Å². The van der Waals surface area contributed by atoms with Crippen molar-refractivity contribution in [2.75, 3.05) is 12.3 Å². The van der Waals surface area contributed by atoms with Gasteiger partial charge in [-0.2, -0.15) is 0 Å². The fraction of sp³-hybridized carbons (Fsp3) is 0.333. The summed E-state index contributed by atoms with van der Waals surface area (Å²) >= 11 is 1.47. The van der Waals surface area contributed by atoms with Gasteiger partial charge < -0.3 is 10.6 Å². The molecule has 0 aromatic heterocycles. The maximum absolute atomic E-state index is 11.7. The molecule has 1 fully saturated rings. The first-order chi connectivity index (χ1) is 8.25. The zero-order valence-corrected chi connectivity index (χ0v) is 10.1. The lowest BCUT2D eigenvalue weighted by atomic mass is 10.1. The number of rotatable bonds is 3. The van der Waals surface area contributed by atoms with Crippen LogP contribution in [0.15, 0.2) is 30.3 Å². The Bertz CT molecular complexity index is 408. The van der Waals surface area contributed by atoms with Crippen LogP contribution in [-0.4, -0.2) is 29.5 Å². The highest BCUT2D eigenvalue weighted by molar-refractivity contribution is 8.00. The van der Waals surface area contributed by atoms with Crippen LogP contribution in [0.5, 0.6) is 0 Å². The van der Waals surface area contributed by atoms with E-state index >= 15 is 0 Å². The lowest BCUT2D eigenvalue weighted by Crippen LogP contribution is -2.49. The molecule has 2 rings (SSSR count). The average molecular weight is 250 g/mol. The third kappa shape index (κ3) is 3.49. The Hall–Kier alpha value is -1.49. The summed E-state index contributed by atoms with van der Waals surface area (Å²) < 4.78 is 0. The highest BCUT2D eigenvalue weighted by Crippen LogP contribution is 2.12. The molecular weight excluding hydrogens is 236 g/mol. The predicted octanol–water partition coefficient (Wildman–Crippen LogP) is 0.534. The van der Waals surface area contributed by atoms with Gasteiger partial charge in [-0.15, -0.1) is 11.8 Å². The SMILES string of the molecule is O=C(Cc1ccccc1)NC1SCCNC1=O. The normalized spacial score (nSPS) is 19.5. The van der Waals surface area contributed by atoms with Crippen molar-refractivity contribution in [3.63, 3.8) is 0 Å². The van der Waals surface area contributed by atoms with E-state index in [-0.39, 0.29) is 11.8 Å². The summed E-state index contributed by atoms with van der Waals surface area (Å²) in [7, 11) is 0. The summed E-state index contributed by atoms with van der Waals surface area (Å²) in [6.07, 6.45) is 0.311. The third-order valence-corrected chi connectivity index (χ3v) is 3.53. The van der Waals surface area contributed by atoms with Gasteiger partial charge in [0.25, 0.3) is 5.91 Å². The molecule has 1 aliphatic rings. The molecule has 1 heterocycles. The Labute approximate surface area is 104 Å². The second-order valence-electron chi connectivity index (χ2n) is 3.77. The number of carbonyl (C=O) groups is 2. The van der Waals surface area contributed by atoms with Crippen molar-refractivity contribution in [3.05, 3.63) is 35.9 Å². The maximum atomic E-state index is 11.7. The lowest BCUT2D eigenvalue weighted by Gasteiger charge is -2.22. The zero-order chi connectivity index (χ0) is 12.1. The van der Waals surface area contributed by atoms with Gasteiger partial charge in [0.2, 0.25) is 5.91 Å². The van der Waals surface area contributed by atoms with Crippen molar-refractivity contribution in [1.29, 1.82) is 0 Å². The zero-order valence-electron chi connectivity index (χ0n) is 9.31. The Balaban J connectivity index is 1.87. The number of carbonyl (C=O) groups excluding carboxylic acids is 2. The molecule has 1 aliphatic heterocycles. The molecule has 0 radical (unpaired) electrons. The van der Waals surface area contributed by atoms with Crippen molar-refractivity contribution in [3.8, 4) is 0 Å². The second-order valence-corrected chi connectivity index (χ2v) is 4.98. The number of nitrogens with one attached hydrogen (secondary N) is 2. The maximum Gasteiger partial charge on any atom is 0.253 e. The minimum atomic E-state index is -0.444. The van der Waals surface area contributed by atoms with Crippen LogP contribution in [-0.2, 0) is 16.0 Å². The molecule has 0 spiro atoms. The van der Waals surface area contributed by atoms with E-state index in [1.54, 1.807) is 0 Å². The van der Waals surface area contributed by atoms with Crippen LogP contribution in [0.3, 0.4) is 0 Å². The van der Waals surface area contributed by atoms with Gasteiger partial charge in [0.1, 0.15) is 0 Å². The molecule has 0 aliphatic carbocycles. The number of hydrogen-bond acceptors (Lipinski definition) is 3. The largest absolute Gasteiger partial charge is 0.353 e. The summed E-state index contributed by atoms with van der Waals surface area (Å²) in [5.74, 6) is 0.607. The molecule has 0 bridgehead atoms. The third-order valence-electron chi connectivity index (χ3n) is 2.42. The van der Waals surface area contributed by atoms with Crippen LogP contribution in [0.1, 0.15) is 5.56 Å². The van der Waals surface area contributed by atoms with E-state index in [2.05, 4.69) is 10.6 Å². The molecule has 2 N–H and O–H groups in total. The van der Waals surface area contributed by atoms with Crippen LogP contribution in [0.25, 0.3) is 0 Å². The Morgan fingerprint density at radius 2 is 2.18 bits per heavy atom. The molecular formula is C12H14N2O2S. The van der Waals surface area contributed by atoms with Crippen LogP contribution in [0.2, 0.25) is 0 Å². The molecule has 1 aromatic carbocycles. The molecule has 4 nitrogen and oxygen atoms in total. The molecule has 17 heavy (non-hydrogen) atoms. The van der Waals surface area contributed by atoms with Crippen LogP contribution < -0.4 is 10.6 Å². The van der Waals surface area contributed by atoms with Crippen LogP contribution in [0.4, 0.5) is 0 Å². The summed E-state index contributed by atoms with van der Waals surface area (Å²) in [5.41, 5.74) is 0.950. The van der Waals surface area contributed by atoms with E-state index in [9.17, 15) is 9.59 Å². The standard InChI is InChI=1S/C12H14N2O2S/c15-10(8-9-4-2-1-3-5-9)14-12-11(16)13-6-7-17-12/h1-5,12H,6-8H2,(H,13,16)(H,14,15). The fourth-order valence-corrected chi connectivity index (χ4v) is 2.51. The van der Waals surface area contributed by atoms with Crippen molar-refractivity contribution in [2.45, 2.75) is 11.8 Å². The molecule has 0 saturated carbocycles. The number of amides is 2. The van der Waals surface area contributed by atoms with Gasteiger partial charge in [0.15, 0.2) is 5.37 Å². The molecule has 1 saturated heterocycles.